The number of nitrogen functional groups attached to an aromatic ring is 1. The van der Waals surface area contributed by atoms with Gasteiger partial charge in [0.15, 0.2) is 5.65 Å². The topological polar surface area (TPSA) is 64.7 Å². The number of benzene rings is 1. The highest BCUT2D eigenvalue weighted by Gasteiger charge is 2.08. The molecule has 0 atom stereocenters. The summed E-state index contributed by atoms with van der Waals surface area (Å²) in [7, 11) is 0. The summed E-state index contributed by atoms with van der Waals surface area (Å²) in [5, 5.41) is 2.32. The predicted molar refractivity (Wildman–Crippen MR) is 73.6 cm³/mol. The molecule has 3 rings (SSSR count). The van der Waals surface area contributed by atoms with Gasteiger partial charge in [0.25, 0.3) is 0 Å². The van der Waals surface area contributed by atoms with Crippen molar-refractivity contribution in [2.75, 3.05) is 5.73 Å². The summed E-state index contributed by atoms with van der Waals surface area (Å²) < 4.78 is 0. The van der Waals surface area contributed by atoms with E-state index in [1.165, 1.54) is 0 Å². The molecule has 0 amide bonds. The number of hydrogen-bond acceptors (Lipinski definition) is 4. The first kappa shape index (κ1) is 11.2. The second-order valence-corrected chi connectivity index (χ2v) is 4.46. The lowest BCUT2D eigenvalue weighted by Crippen LogP contribution is -2.01. The Kier molecular flexibility index (Phi) is 2.52. The Hall–Kier alpha value is -1.94. The van der Waals surface area contributed by atoms with Crippen LogP contribution in [0.4, 0.5) is 5.82 Å². The van der Waals surface area contributed by atoms with Gasteiger partial charge in [0.2, 0.25) is 0 Å². The van der Waals surface area contributed by atoms with Crippen molar-refractivity contribution in [3.63, 3.8) is 0 Å². The van der Waals surface area contributed by atoms with Crippen molar-refractivity contribution < 1.29 is 0 Å². The second-order valence-electron chi connectivity index (χ2n) is 4.05. The Morgan fingerprint density at radius 3 is 2.83 bits per heavy atom. The van der Waals surface area contributed by atoms with Gasteiger partial charge >= 0.3 is 0 Å². The van der Waals surface area contributed by atoms with Crippen LogP contribution in [0.2, 0.25) is 5.02 Å². The van der Waals surface area contributed by atoms with Crippen molar-refractivity contribution >= 4 is 39.4 Å². The van der Waals surface area contributed by atoms with Gasteiger partial charge < -0.3 is 5.73 Å². The molecule has 5 heteroatoms. The van der Waals surface area contributed by atoms with Gasteiger partial charge in [-0.3, -0.25) is 0 Å². The van der Waals surface area contributed by atoms with E-state index in [0.29, 0.717) is 22.3 Å². The van der Waals surface area contributed by atoms with Crippen LogP contribution in [0.5, 0.6) is 0 Å². The molecule has 0 fully saturated rings. The highest BCUT2D eigenvalue weighted by atomic mass is 35.5. The molecule has 0 bridgehead atoms. The molecule has 2 aromatic heterocycles. The normalized spacial score (nSPS) is 11.2. The van der Waals surface area contributed by atoms with E-state index in [-0.39, 0.29) is 0 Å². The maximum absolute atomic E-state index is 6.13. The van der Waals surface area contributed by atoms with Crippen molar-refractivity contribution in [2.45, 2.75) is 13.3 Å². The van der Waals surface area contributed by atoms with Gasteiger partial charge in [0.05, 0.1) is 15.9 Å². The molecule has 0 aliphatic heterocycles. The highest BCUT2D eigenvalue weighted by Crippen LogP contribution is 2.26. The lowest BCUT2D eigenvalue weighted by Gasteiger charge is -2.06. The molecular formula is C13H11ClN4. The van der Waals surface area contributed by atoms with Crippen molar-refractivity contribution in [2.24, 2.45) is 0 Å². The number of pyridine rings is 1. The van der Waals surface area contributed by atoms with Crippen LogP contribution >= 0.6 is 11.6 Å². The van der Waals surface area contributed by atoms with E-state index in [9.17, 15) is 0 Å². The molecule has 0 unspecified atom stereocenters. The van der Waals surface area contributed by atoms with Crippen LogP contribution in [0.1, 0.15) is 12.7 Å². The van der Waals surface area contributed by atoms with Gasteiger partial charge in [-0.1, -0.05) is 30.7 Å². The number of anilines is 1. The predicted octanol–water partition coefficient (Wildman–Crippen LogP) is 2.98. The summed E-state index contributed by atoms with van der Waals surface area (Å²) in [4.78, 5) is 13.1. The number of rotatable bonds is 1. The van der Waals surface area contributed by atoms with Crippen molar-refractivity contribution in [1.29, 1.82) is 0 Å². The van der Waals surface area contributed by atoms with Gasteiger partial charge in [0, 0.05) is 11.8 Å². The van der Waals surface area contributed by atoms with Crippen LogP contribution in [0.25, 0.3) is 21.9 Å². The fourth-order valence-electron chi connectivity index (χ4n) is 1.93. The number of aryl methyl sites for hydroxylation is 1. The number of fused-ring (bicyclic) bond motifs is 2. The number of nitrogens with zero attached hydrogens (tertiary/aromatic N) is 3. The van der Waals surface area contributed by atoms with E-state index in [1.807, 2.05) is 31.2 Å². The first-order chi connectivity index (χ1) is 8.69. The molecule has 0 aliphatic carbocycles. The summed E-state index contributed by atoms with van der Waals surface area (Å²) in [5.74, 6) is 1.16. The van der Waals surface area contributed by atoms with E-state index >= 15 is 0 Å². The number of nitrogens with two attached hydrogens (primary N) is 1. The molecule has 18 heavy (non-hydrogen) atoms. The van der Waals surface area contributed by atoms with Gasteiger partial charge in [-0.15, -0.1) is 0 Å². The Bertz CT molecular complexity index is 755. The molecule has 1 aromatic carbocycles. The third kappa shape index (κ3) is 1.66. The molecule has 2 N–H and O–H groups in total. The van der Waals surface area contributed by atoms with Gasteiger partial charge in [-0.05, 0) is 12.1 Å². The van der Waals surface area contributed by atoms with Crippen LogP contribution < -0.4 is 5.73 Å². The summed E-state index contributed by atoms with van der Waals surface area (Å²) in [6, 6.07) is 7.57. The van der Waals surface area contributed by atoms with Crippen molar-refractivity contribution in [3.05, 3.63) is 35.1 Å². The molecule has 0 radical (unpaired) electrons. The third-order valence-corrected chi connectivity index (χ3v) is 3.16. The maximum Gasteiger partial charge on any atom is 0.165 e. The van der Waals surface area contributed by atoms with Crippen LogP contribution in [-0.2, 0) is 6.42 Å². The fraction of sp³-hybridized carbons (Fsp3) is 0.154. The molecule has 4 nitrogen and oxygen atoms in total. The molecule has 0 aliphatic rings. The molecule has 0 saturated heterocycles. The average molecular weight is 259 g/mol. The quantitative estimate of drug-likeness (QED) is 0.682. The number of halogens is 1. The minimum atomic E-state index is 0.464. The summed E-state index contributed by atoms with van der Waals surface area (Å²) in [5.41, 5.74) is 7.28. The average Bonchev–Trinajstić information content (AvgIpc) is 2.38. The minimum absolute atomic E-state index is 0.464. The zero-order valence-electron chi connectivity index (χ0n) is 9.81. The van der Waals surface area contributed by atoms with E-state index < -0.39 is 0 Å². The zero-order valence-corrected chi connectivity index (χ0v) is 10.6. The molecule has 3 aromatic rings. The largest absolute Gasteiger partial charge is 0.383 e. The Morgan fingerprint density at radius 1 is 1.22 bits per heavy atom. The van der Waals surface area contributed by atoms with Crippen LogP contribution in [0, 0.1) is 0 Å². The lowest BCUT2D eigenvalue weighted by atomic mass is 10.2. The van der Waals surface area contributed by atoms with Crippen molar-refractivity contribution in [1.82, 2.24) is 15.0 Å². The molecule has 90 valence electrons. The van der Waals surface area contributed by atoms with Gasteiger partial charge in [0.1, 0.15) is 11.6 Å². The number of hydrogen-bond donors (Lipinski definition) is 1. The first-order valence-electron chi connectivity index (χ1n) is 5.70. The lowest BCUT2D eigenvalue weighted by molar-refractivity contribution is 0.960. The highest BCUT2D eigenvalue weighted by molar-refractivity contribution is 6.35. The first-order valence-corrected chi connectivity index (χ1v) is 6.08. The molecular weight excluding hydrogens is 248 g/mol. The molecule has 0 saturated carbocycles. The Labute approximate surface area is 109 Å². The maximum atomic E-state index is 6.13. The third-order valence-electron chi connectivity index (χ3n) is 2.85. The second kappa shape index (κ2) is 4.07. The fourth-order valence-corrected chi connectivity index (χ4v) is 2.16. The standard InChI is InChI=1S/C13H11ClN4/c1-2-10-16-12(15)8-6-7-4-3-5-9(14)11(7)18-13(8)17-10/h3-6H,2H2,1H3,(H2,15,16,17,18). The summed E-state index contributed by atoms with van der Waals surface area (Å²) in [6.45, 7) is 1.98. The molecule has 2 heterocycles. The van der Waals surface area contributed by atoms with Crippen LogP contribution in [0.15, 0.2) is 24.3 Å². The van der Waals surface area contributed by atoms with Gasteiger partial charge in [-0.2, -0.15) is 0 Å². The van der Waals surface area contributed by atoms with E-state index in [2.05, 4.69) is 15.0 Å². The van der Waals surface area contributed by atoms with Crippen LogP contribution in [-0.4, -0.2) is 15.0 Å². The van der Waals surface area contributed by atoms with Gasteiger partial charge in [-0.25, -0.2) is 15.0 Å². The minimum Gasteiger partial charge on any atom is -0.383 e. The molecule has 0 spiro atoms. The Balaban J connectivity index is 2.45. The smallest absolute Gasteiger partial charge is 0.165 e. The Morgan fingerprint density at radius 2 is 2.06 bits per heavy atom. The van der Waals surface area contributed by atoms with Crippen LogP contribution in [0.3, 0.4) is 0 Å². The number of aromatic nitrogens is 3. The number of para-hydroxylation sites is 1. The van der Waals surface area contributed by atoms with E-state index in [0.717, 1.165) is 22.7 Å². The summed E-state index contributed by atoms with van der Waals surface area (Å²) in [6.07, 6.45) is 0.725. The zero-order chi connectivity index (χ0) is 12.7. The summed E-state index contributed by atoms with van der Waals surface area (Å²) >= 11 is 6.13. The van der Waals surface area contributed by atoms with Crippen molar-refractivity contribution in [3.8, 4) is 0 Å². The van der Waals surface area contributed by atoms with E-state index in [1.54, 1.807) is 0 Å². The van der Waals surface area contributed by atoms with E-state index in [4.69, 9.17) is 17.3 Å². The SMILES string of the molecule is CCc1nc(N)c2cc3cccc(Cl)c3nc2n1. The monoisotopic (exact) mass is 258 g/mol.